The van der Waals surface area contributed by atoms with Gasteiger partial charge in [-0.05, 0) is 5.92 Å². The lowest BCUT2D eigenvalue weighted by molar-refractivity contribution is -0.118. The predicted octanol–water partition coefficient (Wildman–Crippen LogP) is 3.29. The minimum absolute atomic E-state index is 0.115. The van der Waals surface area contributed by atoms with Crippen molar-refractivity contribution in [1.29, 1.82) is 0 Å². The molecule has 2 N–H and O–H groups in total. The molecule has 1 fully saturated rings. The molecule has 5 nitrogen and oxygen atoms in total. The second kappa shape index (κ2) is 5.46. The molecule has 10 heteroatoms. The Morgan fingerprint density at radius 3 is 2.63 bits per heavy atom. The van der Waals surface area contributed by atoms with Gasteiger partial charge in [0, 0.05) is 54.0 Å². The SMILES string of the molecule is O=C1N[C@@H](C2CC(F)(F)C2)CN2CC(F)(F)Cc3c(-c4cn[nH]c4)sc1c32. The summed E-state index contributed by atoms with van der Waals surface area (Å²) in [7, 11) is 0. The number of carbonyl (C=O) groups excluding carboxylic acids is 1. The number of hydrogen-bond acceptors (Lipinski definition) is 4. The molecule has 1 amide bonds. The number of carbonyl (C=O) groups is 1. The lowest BCUT2D eigenvalue weighted by Gasteiger charge is -2.42. The monoisotopic (exact) mass is 400 g/mol. The van der Waals surface area contributed by atoms with Crippen LogP contribution in [-0.4, -0.2) is 47.1 Å². The van der Waals surface area contributed by atoms with E-state index >= 15 is 0 Å². The Labute approximate surface area is 155 Å². The molecule has 5 rings (SSSR count). The summed E-state index contributed by atoms with van der Waals surface area (Å²) in [6, 6.07) is -0.559. The summed E-state index contributed by atoms with van der Waals surface area (Å²) >= 11 is 1.15. The molecular weight excluding hydrogens is 384 g/mol. The van der Waals surface area contributed by atoms with Crippen molar-refractivity contribution in [2.45, 2.75) is 37.1 Å². The molecule has 2 aromatic heterocycles. The fraction of sp³-hybridized carbons (Fsp3) is 0.529. The topological polar surface area (TPSA) is 61.0 Å². The molecular formula is C17H16F4N4OS. The molecule has 3 aliphatic rings. The van der Waals surface area contributed by atoms with Crippen molar-refractivity contribution in [3.63, 3.8) is 0 Å². The van der Waals surface area contributed by atoms with Crippen molar-refractivity contribution in [3.8, 4) is 10.4 Å². The summed E-state index contributed by atoms with van der Waals surface area (Å²) < 4.78 is 55.5. The van der Waals surface area contributed by atoms with Crippen molar-refractivity contribution in [2.24, 2.45) is 5.92 Å². The van der Waals surface area contributed by atoms with Crippen molar-refractivity contribution < 1.29 is 22.4 Å². The van der Waals surface area contributed by atoms with Crippen molar-refractivity contribution in [1.82, 2.24) is 15.5 Å². The first-order valence-electron chi connectivity index (χ1n) is 8.69. The van der Waals surface area contributed by atoms with Gasteiger partial charge in [-0.15, -0.1) is 11.3 Å². The molecule has 1 aliphatic carbocycles. The Morgan fingerprint density at radius 1 is 1.19 bits per heavy atom. The lowest BCUT2D eigenvalue weighted by atomic mass is 9.76. The first kappa shape index (κ1) is 17.0. The zero-order chi connectivity index (χ0) is 19.0. The fourth-order valence-electron chi connectivity index (χ4n) is 4.32. The van der Waals surface area contributed by atoms with Crippen molar-refractivity contribution >= 4 is 22.9 Å². The standard InChI is InChI=1S/C17H16F4N4OS/c18-16(19)1-8(2-16)11-6-25-7-17(20,21)3-10-12(25)14(15(26)24-11)27-13(10)9-4-22-23-5-9/h4-5,8,11H,1-3,6-7H2,(H,22,23)(H,24,26)/t11-/m1/s1. The quantitative estimate of drug-likeness (QED) is 0.761. The van der Waals surface area contributed by atoms with Crippen LogP contribution in [0.3, 0.4) is 0 Å². The highest BCUT2D eigenvalue weighted by molar-refractivity contribution is 7.18. The maximum atomic E-state index is 14.5. The van der Waals surface area contributed by atoms with Gasteiger partial charge in [-0.3, -0.25) is 9.89 Å². The number of anilines is 1. The van der Waals surface area contributed by atoms with E-state index in [1.807, 2.05) is 0 Å². The van der Waals surface area contributed by atoms with Crippen LogP contribution in [0.5, 0.6) is 0 Å². The third kappa shape index (κ3) is 2.72. The summed E-state index contributed by atoms with van der Waals surface area (Å²) in [6.45, 7) is -0.396. The van der Waals surface area contributed by atoms with Crippen LogP contribution in [0.15, 0.2) is 12.4 Å². The van der Waals surface area contributed by atoms with E-state index in [-0.39, 0.29) is 25.3 Å². The van der Waals surface area contributed by atoms with Crippen LogP contribution in [0, 0.1) is 5.92 Å². The number of nitrogens with zero attached hydrogens (tertiary/aromatic N) is 2. The fourth-order valence-corrected chi connectivity index (χ4v) is 5.55. The maximum absolute atomic E-state index is 14.5. The molecule has 27 heavy (non-hydrogen) atoms. The molecule has 4 heterocycles. The third-order valence-corrected chi connectivity index (χ3v) is 6.81. The molecule has 2 aromatic rings. The van der Waals surface area contributed by atoms with Gasteiger partial charge in [0.2, 0.25) is 5.92 Å². The summed E-state index contributed by atoms with van der Waals surface area (Å²) in [6.07, 6.45) is 2.06. The zero-order valence-electron chi connectivity index (χ0n) is 14.1. The largest absolute Gasteiger partial charge is 0.362 e. The van der Waals surface area contributed by atoms with Crippen LogP contribution in [0.4, 0.5) is 23.2 Å². The number of H-pyrrole nitrogens is 1. The normalized spacial score (nSPS) is 26.1. The van der Waals surface area contributed by atoms with Crippen LogP contribution < -0.4 is 10.2 Å². The Morgan fingerprint density at radius 2 is 1.96 bits per heavy atom. The highest BCUT2D eigenvalue weighted by Crippen LogP contribution is 2.50. The second-order valence-corrected chi connectivity index (χ2v) is 8.61. The predicted molar refractivity (Wildman–Crippen MR) is 91.7 cm³/mol. The molecule has 0 radical (unpaired) electrons. The van der Waals surface area contributed by atoms with Gasteiger partial charge in [0.15, 0.2) is 0 Å². The van der Waals surface area contributed by atoms with Gasteiger partial charge < -0.3 is 10.2 Å². The molecule has 0 bridgehead atoms. The number of aromatic nitrogens is 2. The van der Waals surface area contributed by atoms with Crippen molar-refractivity contribution in [2.75, 3.05) is 18.0 Å². The van der Waals surface area contributed by atoms with E-state index in [1.165, 1.54) is 11.1 Å². The molecule has 144 valence electrons. The minimum atomic E-state index is -2.95. The van der Waals surface area contributed by atoms with Gasteiger partial charge in [-0.25, -0.2) is 17.6 Å². The molecule has 2 aliphatic heterocycles. The van der Waals surface area contributed by atoms with Gasteiger partial charge in [-0.2, -0.15) is 5.10 Å². The van der Waals surface area contributed by atoms with Crippen LogP contribution in [0.25, 0.3) is 10.4 Å². The molecule has 1 saturated carbocycles. The Balaban J connectivity index is 1.56. The zero-order valence-corrected chi connectivity index (χ0v) is 14.9. The number of rotatable bonds is 2. The first-order chi connectivity index (χ1) is 12.7. The van der Waals surface area contributed by atoms with Crippen LogP contribution in [0.2, 0.25) is 0 Å². The van der Waals surface area contributed by atoms with Crippen LogP contribution in [-0.2, 0) is 6.42 Å². The van der Waals surface area contributed by atoms with Gasteiger partial charge in [0.05, 0.1) is 18.4 Å². The highest BCUT2D eigenvalue weighted by atomic mass is 32.1. The van der Waals surface area contributed by atoms with E-state index in [2.05, 4.69) is 15.5 Å². The molecule has 0 unspecified atom stereocenters. The molecule has 0 saturated heterocycles. The Hall–Kier alpha value is -2.10. The number of thiophene rings is 1. The maximum Gasteiger partial charge on any atom is 0.269 e. The van der Waals surface area contributed by atoms with E-state index in [4.69, 9.17) is 0 Å². The average Bonchev–Trinajstić information content (AvgIpc) is 3.15. The highest BCUT2D eigenvalue weighted by Gasteiger charge is 2.52. The Bertz CT molecular complexity index is 902. The third-order valence-electron chi connectivity index (χ3n) is 5.54. The van der Waals surface area contributed by atoms with Crippen LogP contribution >= 0.6 is 11.3 Å². The Kier molecular flexibility index (Phi) is 3.45. The molecule has 0 spiro atoms. The molecule has 0 aromatic carbocycles. The minimum Gasteiger partial charge on any atom is -0.362 e. The number of halogens is 4. The van der Waals surface area contributed by atoms with E-state index in [9.17, 15) is 22.4 Å². The summed E-state index contributed by atoms with van der Waals surface area (Å²) in [5.41, 5.74) is 1.61. The number of nitrogens with one attached hydrogen (secondary N) is 2. The number of amides is 1. The van der Waals surface area contributed by atoms with E-state index < -0.39 is 36.8 Å². The van der Waals surface area contributed by atoms with Gasteiger partial charge in [0.25, 0.3) is 11.8 Å². The second-order valence-electron chi connectivity index (χ2n) is 7.59. The summed E-state index contributed by atoms with van der Waals surface area (Å²) in [5, 5.41) is 9.34. The van der Waals surface area contributed by atoms with Gasteiger partial charge in [-0.1, -0.05) is 0 Å². The summed E-state index contributed by atoms with van der Waals surface area (Å²) in [4.78, 5) is 15.3. The molecule has 1 atom stereocenters. The smallest absolute Gasteiger partial charge is 0.269 e. The number of aromatic amines is 1. The van der Waals surface area contributed by atoms with E-state index in [1.54, 1.807) is 6.20 Å². The number of hydrogen-bond donors (Lipinski definition) is 2. The average molecular weight is 400 g/mol. The van der Waals surface area contributed by atoms with E-state index in [0.29, 0.717) is 26.6 Å². The van der Waals surface area contributed by atoms with E-state index in [0.717, 1.165) is 11.3 Å². The van der Waals surface area contributed by atoms with Crippen molar-refractivity contribution in [3.05, 3.63) is 22.8 Å². The van der Waals surface area contributed by atoms with Crippen LogP contribution in [0.1, 0.15) is 28.1 Å². The summed E-state index contributed by atoms with van der Waals surface area (Å²) in [5.74, 6) is -6.45. The number of alkyl halides is 4. The van der Waals surface area contributed by atoms with Gasteiger partial charge >= 0.3 is 0 Å². The first-order valence-corrected chi connectivity index (χ1v) is 9.50. The van der Waals surface area contributed by atoms with Gasteiger partial charge in [0.1, 0.15) is 4.88 Å². The lowest BCUT2D eigenvalue weighted by Crippen LogP contribution is -2.54.